The number of aromatic nitrogens is 4. The highest BCUT2D eigenvalue weighted by molar-refractivity contribution is 5.96. The fraction of sp³-hybridized carbons (Fsp3) is 0.556. The number of carbonyl (C=O) groups excluding carboxylic acids is 6. The van der Waals surface area contributed by atoms with Gasteiger partial charge in [-0.3, -0.25) is 33.4 Å². The van der Waals surface area contributed by atoms with Crippen LogP contribution in [-0.4, -0.2) is 131 Å². The SMILES string of the molecule is C/C=C\C(F)=C/C1C(=O)N(C)Cc2c(c(C#N)nn2CCNC(=O)CCOCCOCCC(=O)N[C@@H]2CC(C(=O)[C@@H](NC(=O)[C@H](C)NC)C(C)(C)C)[C@H](C(=O)N[C@H](CC)c3ccccc3)C2)-c2cnc(N)c(n2)O[C@@H]1C. The second-order valence-corrected chi connectivity index (χ2v) is 20.2. The Balaban J connectivity index is 1.10. The first kappa shape index (κ1) is 59.8. The molecule has 7 N–H and O–H groups in total. The third-order valence-corrected chi connectivity index (χ3v) is 13.5. The highest BCUT2D eigenvalue weighted by Crippen LogP contribution is 2.38. The summed E-state index contributed by atoms with van der Waals surface area (Å²) in [5.41, 5.74) is 7.30. The van der Waals surface area contributed by atoms with Gasteiger partial charge in [-0.2, -0.15) is 10.4 Å². The van der Waals surface area contributed by atoms with Gasteiger partial charge in [-0.15, -0.1) is 0 Å². The molecular formula is C54H75FN12O9. The number of rotatable bonds is 24. The number of fused-ring (bicyclic) bond motifs is 4. The van der Waals surface area contributed by atoms with Crippen LogP contribution in [0.3, 0.4) is 0 Å². The molecule has 0 saturated heterocycles. The van der Waals surface area contributed by atoms with Crippen LogP contribution in [0.4, 0.5) is 10.2 Å². The van der Waals surface area contributed by atoms with Crippen molar-refractivity contribution in [1.82, 2.24) is 51.2 Å². The topological polar surface area (TPSA) is 287 Å². The van der Waals surface area contributed by atoms with E-state index < -0.39 is 59.1 Å². The van der Waals surface area contributed by atoms with E-state index in [4.69, 9.17) is 19.9 Å². The number of likely N-dealkylation sites (N-methyl/N-ethyl adjacent to an activating group) is 1. The molecule has 2 aliphatic rings. The number of nitriles is 1. The lowest BCUT2D eigenvalue weighted by Crippen LogP contribution is -2.55. The first-order valence-corrected chi connectivity index (χ1v) is 25.8. The Kier molecular flexibility index (Phi) is 22.1. The second-order valence-electron chi connectivity index (χ2n) is 20.2. The van der Waals surface area contributed by atoms with Crippen molar-refractivity contribution in [3.63, 3.8) is 0 Å². The second kappa shape index (κ2) is 28.2. The van der Waals surface area contributed by atoms with Gasteiger partial charge in [-0.05, 0) is 70.2 Å². The van der Waals surface area contributed by atoms with E-state index in [1.165, 1.54) is 27.9 Å². The maximum absolute atomic E-state index is 14.8. The smallest absolute Gasteiger partial charge is 0.258 e. The summed E-state index contributed by atoms with van der Waals surface area (Å²) in [6.07, 6.45) is 5.49. The third-order valence-electron chi connectivity index (χ3n) is 13.5. The lowest BCUT2D eigenvalue weighted by atomic mass is 9.77. The van der Waals surface area contributed by atoms with Gasteiger partial charge in [0.1, 0.15) is 18.0 Å². The van der Waals surface area contributed by atoms with E-state index in [-0.39, 0.29) is 130 Å². The van der Waals surface area contributed by atoms with E-state index in [1.807, 2.05) is 58.0 Å². The van der Waals surface area contributed by atoms with Gasteiger partial charge in [0.05, 0.1) is 86.7 Å². The van der Waals surface area contributed by atoms with E-state index in [1.54, 1.807) is 34.9 Å². The van der Waals surface area contributed by atoms with Crippen LogP contribution in [0.1, 0.15) is 104 Å². The summed E-state index contributed by atoms with van der Waals surface area (Å²) in [4.78, 5) is 91.6. The van der Waals surface area contributed by atoms with Gasteiger partial charge in [0.25, 0.3) is 5.88 Å². The normalized spacial score (nSPS) is 20.1. The van der Waals surface area contributed by atoms with Gasteiger partial charge < -0.3 is 51.4 Å². The zero-order valence-electron chi connectivity index (χ0n) is 45.1. The molecule has 412 valence electrons. The van der Waals surface area contributed by atoms with Gasteiger partial charge in [-0.1, -0.05) is 64.1 Å². The molecule has 1 aliphatic carbocycles. The Morgan fingerprint density at radius 2 is 1.70 bits per heavy atom. The van der Waals surface area contributed by atoms with Gasteiger partial charge in [0.2, 0.25) is 29.5 Å². The van der Waals surface area contributed by atoms with E-state index in [0.717, 1.165) is 11.6 Å². The molecular weight excluding hydrogens is 980 g/mol. The number of halogens is 1. The number of nitrogens with zero attached hydrogens (tertiary/aromatic N) is 6. The highest BCUT2D eigenvalue weighted by atomic mass is 19.1. The molecule has 21 nitrogen and oxygen atoms in total. The lowest BCUT2D eigenvalue weighted by molar-refractivity contribution is -0.137. The monoisotopic (exact) mass is 1050 g/mol. The van der Waals surface area contributed by atoms with Crippen LogP contribution in [0, 0.1) is 34.5 Å². The molecule has 3 heterocycles. The number of Topliss-reactive ketones (excluding diaryl/α,β-unsaturated/α-hetero) is 1. The maximum Gasteiger partial charge on any atom is 0.258 e. The molecule has 1 saturated carbocycles. The number of hydrogen-bond donors (Lipinski definition) is 6. The van der Waals surface area contributed by atoms with Crippen LogP contribution in [0.15, 0.2) is 60.6 Å². The number of carbonyl (C=O) groups is 6. The van der Waals surface area contributed by atoms with Gasteiger partial charge in [-0.25, -0.2) is 14.4 Å². The predicted molar refractivity (Wildman–Crippen MR) is 281 cm³/mol. The van der Waals surface area contributed by atoms with Gasteiger partial charge >= 0.3 is 0 Å². The molecule has 1 fully saturated rings. The van der Waals surface area contributed by atoms with Crippen molar-refractivity contribution in [2.45, 2.75) is 124 Å². The number of anilines is 1. The molecule has 1 aromatic carbocycles. The first-order chi connectivity index (χ1) is 36.2. The Morgan fingerprint density at radius 1 is 1.03 bits per heavy atom. The Labute approximate surface area is 444 Å². The summed E-state index contributed by atoms with van der Waals surface area (Å²) in [7, 11) is 3.20. The van der Waals surface area contributed by atoms with Crippen LogP contribution < -0.4 is 37.1 Å². The molecule has 1 aliphatic heterocycles. The van der Waals surface area contributed by atoms with Gasteiger partial charge in [0, 0.05) is 44.3 Å². The average molecular weight is 1060 g/mol. The van der Waals surface area contributed by atoms with Crippen molar-refractivity contribution in [1.29, 1.82) is 5.26 Å². The van der Waals surface area contributed by atoms with Crippen LogP contribution in [-0.2, 0) is 51.3 Å². The minimum absolute atomic E-state index is 0.00454. The van der Waals surface area contributed by atoms with E-state index >= 15 is 0 Å². The van der Waals surface area contributed by atoms with Crippen molar-refractivity contribution in [3.8, 4) is 23.2 Å². The van der Waals surface area contributed by atoms with Crippen LogP contribution >= 0.6 is 0 Å². The summed E-state index contributed by atoms with van der Waals surface area (Å²) >= 11 is 0. The molecule has 0 radical (unpaired) electrons. The molecule has 8 atom stereocenters. The summed E-state index contributed by atoms with van der Waals surface area (Å²) in [5.74, 6) is -5.38. The van der Waals surface area contributed by atoms with Crippen molar-refractivity contribution >= 4 is 41.1 Å². The zero-order valence-corrected chi connectivity index (χ0v) is 45.1. The number of nitrogens with one attached hydrogen (secondary N) is 5. The van der Waals surface area contributed by atoms with Crippen molar-refractivity contribution < 1.29 is 47.4 Å². The number of nitrogen functional groups attached to an aromatic ring is 1. The summed E-state index contributed by atoms with van der Waals surface area (Å²) in [5, 5.41) is 29.4. The molecule has 3 aromatic rings. The largest absolute Gasteiger partial charge is 0.471 e. The van der Waals surface area contributed by atoms with Crippen LogP contribution in [0.25, 0.3) is 11.3 Å². The third kappa shape index (κ3) is 16.2. The van der Waals surface area contributed by atoms with Crippen molar-refractivity contribution in [2.75, 3.05) is 52.8 Å². The molecule has 5 amide bonds. The molecule has 76 heavy (non-hydrogen) atoms. The molecule has 22 heteroatoms. The van der Waals surface area contributed by atoms with Crippen LogP contribution in [0.5, 0.6) is 5.88 Å². The fourth-order valence-corrected chi connectivity index (χ4v) is 9.19. The minimum Gasteiger partial charge on any atom is -0.471 e. The van der Waals surface area contributed by atoms with Crippen molar-refractivity contribution in [2.24, 2.45) is 23.2 Å². The lowest BCUT2D eigenvalue weighted by Gasteiger charge is -2.34. The fourth-order valence-electron chi connectivity index (χ4n) is 9.19. The van der Waals surface area contributed by atoms with Crippen LogP contribution in [0.2, 0.25) is 0 Å². The Bertz CT molecular complexity index is 2610. The Hall–Kier alpha value is -7.09. The number of amides is 5. The number of allylic oxidation sites excluding steroid dienone is 3. The maximum atomic E-state index is 14.8. The summed E-state index contributed by atoms with van der Waals surface area (Å²) < 4.78 is 33.5. The molecule has 2 aromatic heterocycles. The average Bonchev–Trinajstić information content (AvgIpc) is 3.97. The molecule has 2 bridgehead atoms. The summed E-state index contributed by atoms with van der Waals surface area (Å²) in [6.45, 7) is 13.1. The molecule has 5 rings (SSSR count). The van der Waals surface area contributed by atoms with Gasteiger partial charge in [0.15, 0.2) is 17.3 Å². The van der Waals surface area contributed by atoms with Crippen molar-refractivity contribution in [3.05, 3.63) is 77.5 Å². The first-order valence-electron chi connectivity index (χ1n) is 25.8. The Morgan fingerprint density at radius 3 is 2.33 bits per heavy atom. The number of ether oxygens (including phenoxy) is 3. The summed E-state index contributed by atoms with van der Waals surface area (Å²) in [6, 6.07) is 9.49. The quantitative estimate of drug-likeness (QED) is 0.0546. The highest BCUT2D eigenvalue weighted by Gasteiger charge is 2.48. The van der Waals surface area contributed by atoms with E-state index in [0.29, 0.717) is 17.7 Å². The standard InChI is InChI=1S/C54H75FN12O9/c1-10-15-35(55)26-37-33(4)76-52-49(57)60-30-42(63-52)46-41(29-56)65-67(43(46)31-66(9)53(37)73)21-20-59-44(68)18-22-74-24-25-75-23-19-45(69)61-36-27-38(47(70)48(54(5,6)7)64-50(71)32(3)58-8)39(28-36)51(72)62-40(11-2)34-16-13-12-14-17-34/h10,12-17,26,30,32-33,36-40,48,58H,11,18-25,27-28,31H2,1-9H3,(H2,57,60)(H,59,68)(H,61,69)(H,62,72)(H,64,71)/b15-10-,35-26+/t32-,33+,36+,37?,38?,39+,40+,48+/m0/s1. The van der Waals surface area contributed by atoms with E-state index in [9.17, 15) is 38.4 Å². The molecule has 0 spiro atoms. The number of nitrogens with two attached hydrogens (primary N) is 1. The minimum atomic E-state index is -1.09. The van der Waals surface area contributed by atoms with E-state index in [2.05, 4.69) is 47.7 Å². The number of hydrogen-bond acceptors (Lipinski definition) is 15. The molecule has 2 unspecified atom stereocenters. The predicted octanol–water partition coefficient (Wildman–Crippen LogP) is 3.99. The number of ketones is 1. The zero-order chi connectivity index (χ0) is 55.7. The number of benzene rings is 1.